The van der Waals surface area contributed by atoms with Crippen molar-refractivity contribution in [2.45, 2.75) is 45.4 Å². The van der Waals surface area contributed by atoms with Crippen molar-refractivity contribution in [2.24, 2.45) is 5.92 Å². The molecule has 0 atom stereocenters. The molecule has 0 radical (unpaired) electrons. The number of carbonyl (C=O) groups excluding carboxylic acids is 1. The van der Waals surface area contributed by atoms with Crippen LogP contribution in [0.1, 0.15) is 56.0 Å². The minimum atomic E-state index is 0.191. The fourth-order valence-corrected chi connectivity index (χ4v) is 2.61. The third-order valence-corrected chi connectivity index (χ3v) is 4.54. The number of rotatable bonds is 4. The van der Waals surface area contributed by atoms with E-state index in [4.69, 9.17) is 0 Å². The Bertz CT molecular complexity index is 427. The fraction of sp³-hybridized carbons (Fsp3) is 0.588. The smallest absolute Gasteiger partial charge is 0.166 e. The molecule has 1 aromatic carbocycles. The van der Waals surface area contributed by atoms with Crippen molar-refractivity contribution < 1.29 is 4.79 Å². The van der Waals surface area contributed by atoms with E-state index in [0.717, 1.165) is 37.9 Å². The van der Waals surface area contributed by atoms with E-state index in [1.54, 1.807) is 0 Å². The van der Waals surface area contributed by atoms with Gasteiger partial charge in [-0.05, 0) is 43.3 Å². The molecule has 1 saturated heterocycles. The molecule has 2 heteroatoms. The summed E-state index contributed by atoms with van der Waals surface area (Å²) >= 11 is 0. The van der Waals surface area contributed by atoms with Crippen LogP contribution in [-0.4, -0.2) is 18.9 Å². The van der Waals surface area contributed by atoms with E-state index in [2.05, 4.69) is 38.2 Å². The lowest BCUT2D eigenvalue weighted by Crippen LogP contribution is -2.31. The van der Waals surface area contributed by atoms with Gasteiger partial charge in [-0.2, -0.15) is 0 Å². The Labute approximate surface area is 116 Å². The first-order valence-corrected chi connectivity index (χ1v) is 7.40. The van der Waals surface area contributed by atoms with Gasteiger partial charge in [0.1, 0.15) is 0 Å². The predicted octanol–water partition coefficient (Wildman–Crippen LogP) is 3.56. The van der Waals surface area contributed by atoms with E-state index in [9.17, 15) is 4.79 Å². The van der Waals surface area contributed by atoms with E-state index in [-0.39, 0.29) is 11.3 Å². The first-order valence-electron chi connectivity index (χ1n) is 7.40. The third-order valence-electron chi connectivity index (χ3n) is 4.54. The van der Waals surface area contributed by atoms with E-state index in [1.807, 2.05) is 12.1 Å². The average molecular weight is 259 g/mol. The van der Waals surface area contributed by atoms with Crippen molar-refractivity contribution >= 4 is 5.78 Å². The molecule has 0 saturated carbocycles. The Kier molecular flexibility index (Phi) is 4.41. The molecule has 2 nitrogen and oxygen atoms in total. The number of piperidine rings is 1. The van der Waals surface area contributed by atoms with Crippen LogP contribution in [0.3, 0.4) is 0 Å². The Morgan fingerprint density at radius 1 is 1.21 bits per heavy atom. The number of nitrogens with one attached hydrogen (secondary N) is 1. The lowest BCUT2D eigenvalue weighted by molar-refractivity contribution is 0.0895. The number of carbonyl (C=O) groups is 1. The van der Waals surface area contributed by atoms with Gasteiger partial charge >= 0.3 is 0 Å². The second-order valence-electron chi connectivity index (χ2n) is 6.20. The Hall–Kier alpha value is -1.15. The SMILES string of the molecule is CCC(C)(C)c1ccc(C(=O)C2CCNCC2)cc1. The van der Waals surface area contributed by atoms with Crippen LogP contribution < -0.4 is 5.32 Å². The van der Waals surface area contributed by atoms with Crippen LogP contribution in [0.2, 0.25) is 0 Å². The van der Waals surface area contributed by atoms with Gasteiger partial charge < -0.3 is 5.32 Å². The van der Waals surface area contributed by atoms with Crippen molar-refractivity contribution in [3.05, 3.63) is 35.4 Å². The molecular formula is C17H25NO. The minimum absolute atomic E-state index is 0.191. The van der Waals surface area contributed by atoms with E-state index < -0.39 is 0 Å². The van der Waals surface area contributed by atoms with Gasteiger partial charge in [0.2, 0.25) is 0 Å². The average Bonchev–Trinajstić information content (AvgIpc) is 2.47. The summed E-state index contributed by atoms with van der Waals surface area (Å²) in [4.78, 5) is 12.4. The molecule has 1 fully saturated rings. The normalized spacial score (nSPS) is 17.4. The topological polar surface area (TPSA) is 29.1 Å². The summed E-state index contributed by atoms with van der Waals surface area (Å²) in [7, 11) is 0. The third kappa shape index (κ3) is 3.24. The second kappa shape index (κ2) is 5.87. The highest BCUT2D eigenvalue weighted by Gasteiger charge is 2.23. The molecule has 0 aromatic heterocycles. The number of hydrogen-bond donors (Lipinski definition) is 1. The summed E-state index contributed by atoms with van der Waals surface area (Å²) in [5, 5.41) is 3.31. The lowest BCUT2D eigenvalue weighted by atomic mass is 9.81. The minimum Gasteiger partial charge on any atom is -0.317 e. The number of hydrogen-bond acceptors (Lipinski definition) is 2. The predicted molar refractivity (Wildman–Crippen MR) is 79.7 cm³/mol. The zero-order chi connectivity index (χ0) is 13.9. The molecule has 19 heavy (non-hydrogen) atoms. The molecule has 1 aliphatic heterocycles. The molecule has 1 aliphatic rings. The lowest BCUT2D eigenvalue weighted by Gasteiger charge is -2.24. The zero-order valence-electron chi connectivity index (χ0n) is 12.3. The molecular weight excluding hydrogens is 234 g/mol. The second-order valence-corrected chi connectivity index (χ2v) is 6.20. The molecule has 1 N–H and O–H groups in total. The Balaban J connectivity index is 2.11. The summed E-state index contributed by atoms with van der Waals surface area (Å²) < 4.78 is 0. The van der Waals surface area contributed by atoms with Crippen LogP contribution in [0, 0.1) is 5.92 Å². The van der Waals surface area contributed by atoms with Crippen LogP contribution in [0.15, 0.2) is 24.3 Å². The van der Waals surface area contributed by atoms with Crippen molar-refractivity contribution in [3.63, 3.8) is 0 Å². The van der Waals surface area contributed by atoms with E-state index in [1.165, 1.54) is 5.56 Å². The first kappa shape index (κ1) is 14.3. The van der Waals surface area contributed by atoms with Gasteiger partial charge in [-0.3, -0.25) is 4.79 Å². The zero-order valence-corrected chi connectivity index (χ0v) is 12.3. The molecule has 1 aromatic rings. The summed E-state index contributed by atoms with van der Waals surface area (Å²) in [6, 6.07) is 8.27. The summed E-state index contributed by atoms with van der Waals surface area (Å²) in [6.45, 7) is 8.63. The van der Waals surface area contributed by atoms with Crippen LogP contribution in [0.5, 0.6) is 0 Å². The van der Waals surface area contributed by atoms with Gasteiger partial charge in [-0.1, -0.05) is 45.0 Å². The van der Waals surface area contributed by atoms with Crippen LogP contribution in [0.25, 0.3) is 0 Å². The van der Waals surface area contributed by atoms with Gasteiger partial charge in [-0.15, -0.1) is 0 Å². The highest BCUT2D eigenvalue weighted by atomic mass is 16.1. The molecule has 1 heterocycles. The highest BCUT2D eigenvalue weighted by molar-refractivity contribution is 5.97. The summed E-state index contributed by atoms with van der Waals surface area (Å²) in [6.07, 6.45) is 3.05. The van der Waals surface area contributed by atoms with Crippen LogP contribution in [-0.2, 0) is 5.41 Å². The number of benzene rings is 1. The maximum atomic E-state index is 12.4. The standard InChI is InChI=1S/C17H25NO/c1-4-17(2,3)15-7-5-13(6-8-15)16(19)14-9-11-18-12-10-14/h5-8,14,18H,4,9-12H2,1-3H3. The van der Waals surface area contributed by atoms with Gasteiger partial charge in [0, 0.05) is 11.5 Å². The largest absolute Gasteiger partial charge is 0.317 e. The van der Waals surface area contributed by atoms with Gasteiger partial charge in [0.05, 0.1) is 0 Å². The molecule has 0 amide bonds. The van der Waals surface area contributed by atoms with E-state index >= 15 is 0 Å². The highest BCUT2D eigenvalue weighted by Crippen LogP contribution is 2.27. The monoisotopic (exact) mass is 259 g/mol. The quantitative estimate of drug-likeness (QED) is 0.838. The van der Waals surface area contributed by atoms with Gasteiger partial charge in [0.25, 0.3) is 0 Å². The van der Waals surface area contributed by atoms with Crippen molar-refractivity contribution in [3.8, 4) is 0 Å². The molecule has 0 aliphatic carbocycles. The first-order chi connectivity index (χ1) is 9.04. The summed E-state index contributed by atoms with van der Waals surface area (Å²) in [5.74, 6) is 0.536. The molecule has 0 bridgehead atoms. The molecule has 104 valence electrons. The maximum absolute atomic E-state index is 12.4. The molecule has 0 spiro atoms. The fourth-order valence-electron chi connectivity index (χ4n) is 2.61. The van der Waals surface area contributed by atoms with Gasteiger partial charge in [-0.25, -0.2) is 0 Å². The maximum Gasteiger partial charge on any atom is 0.166 e. The number of Topliss-reactive ketones (excluding diaryl/α,β-unsaturated/α-hetero) is 1. The molecule has 2 rings (SSSR count). The molecule has 0 unspecified atom stereocenters. The summed E-state index contributed by atoms with van der Waals surface area (Å²) in [5.41, 5.74) is 2.38. The Morgan fingerprint density at radius 2 is 1.79 bits per heavy atom. The van der Waals surface area contributed by atoms with E-state index in [0.29, 0.717) is 5.78 Å². The Morgan fingerprint density at radius 3 is 2.32 bits per heavy atom. The van der Waals surface area contributed by atoms with Crippen molar-refractivity contribution in [1.82, 2.24) is 5.32 Å². The van der Waals surface area contributed by atoms with Crippen LogP contribution >= 0.6 is 0 Å². The van der Waals surface area contributed by atoms with Gasteiger partial charge in [0.15, 0.2) is 5.78 Å². The number of ketones is 1. The van der Waals surface area contributed by atoms with Crippen LogP contribution in [0.4, 0.5) is 0 Å². The van der Waals surface area contributed by atoms with Crippen molar-refractivity contribution in [1.29, 1.82) is 0 Å². The van der Waals surface area contributed by atoms with Crippen molar-refractivity contribution in [2.75, 3.05) is 13.1 Å².